The molecule has 0 bridgehead atoms. The number of para-hydroxylation sites is 1. The number of nitrogens with zero attached hydrogens (tertiary/aromatic N) is 1. The Morgan fingerprint density at radius 2 is 2.14 bits per heavy atom. The third-order valence-electron chi connectivity index (χ3n) is 2.93. The molecule has 21 heavy (non-hydrogen) atoms. The van der Waals surface area contributed by atoms with Gasteiger partial charge in [0, 0.05) is 6.20 Å². The first-order chi connectivity index (χ1) is 10.2. The zero-order valence-electron chi connectivity index (χ0n) is 11.6. The number of allylic oxidation sites excluding steroid dienone is 1. The molecule has 5 nitrogen and oxygen atoms in total. The van der Waals surface area contributed by atoms with Gasteiger partial charge in [0.15, 0.2) is 0 Å². The van der Waals surface area contributed by atoms with Gasteiger partial charge in [0.2, 0.25) is 0 Å². The van der Waals surface area contributed by atoms with Gasteiger partial charge in [0.1, 0.15) is 12.4 Å². The monoisotopic (exact) mass is 283 g/mol. The molecule has 1 aromatic heterocycles. The van der Waals surface area contributed by atoms with Crippen molar-refractivity contribution in [2.75, 3.05) is 0 Å². The number of hydrazine groups is 1. The SMILES string of the molecule is C=CCc1ccccc1OCc1ccc(C(=O)NN)cn1. The Bertz CT molecular complexity index is 624. The van der Waals surface area contributed by atoms with E-state index in [0.29, 0.717) is 12.2 Å². The summed E-state index contributed by atoms with van der Waals surface area (Å²) in [6, 6.07) is 11.2. The van der Waals surface area contributed by atoms with Crippen LogP contribution in [0.15, 0.2) is 55.3 Å². The molecular formula is C16H17N3O2. The number of nitrogens with one attached hydrogen (secondary N) is 1. The standard InChI is InChI=1S/C16H17N3O2/c1-2-5-12-6-3-4-7-15(12)21-11-14-9-8-13(10-18-14)16(20)19-17/h2-4,6-10H,1,5,11,17H2,(H,19,20). The summed E-state index contributed by atoms with van der Waals surface area (Å²) < 4.78 is 5.77. The van der Waals surface area contributed by atoms with Crippen molar-refractivity contribution in [2.24, 2.45) is 5.84 Å². The van der Waals surface area contributed by atoms with Crippen molar-refractivity contribution >= 4 is 5.91 Å². The second kappa shape index (κ2) is 7.21. The summed E-state index contributed by atoms with van der Waals surface area (Å²) in [6.45, 7) is 4.07. The molecule has 0 saturated carbocycles. The molecule has 0 fully saturated rings. The smallest absolute Gasteiger partial charge is 0.266 e. The number of carbonyl (C=O) groups excluding carboxylic acids is 1. The average molecular weight is 283 g/mol. The molecule has 0 saturated heterocycles. The van der Waals surface area contributed by atoms with Gasteiger partial charge in [-0.05, 0) is 30.2 Å². The molecule has 0 aliphatic carbocycles. The van der Waals surface area contributed by atoms with Gasteiger partial charge in [-0.3, -0.25) is 15.2 Å². The van der Waals surface area contributed by atoms with Crippen molar-refractivity contribution in [3.05, 3.63) is 72.1 Å². The third-order valence-corrected chi connectivity index (χ3v) is 2.93. The van der Waals surface area contributed by atoms with Crippen LogP contribution in [0.3, 0.4) is 0 Å². The average Bonchev–Trinajstić information content (AvgIpc) is 2.54. The highest BCUT2D eigenvalue weighted by atomic mass is 16.5. The summed E-state index contributed by atoms with van der Waals surface area (Å²) in [5, 5.41) is 0. The minimum Gasteiger partial charge on any atom is -0.487 e. The van der Waals surface area contributed by atoms with Crippen LogP contribution in [0.5, 0.6) is 5.75 Å². The fourth-order valence-electron chi connectivity index (χ4n) is 1.85. The van der Waals surface area contributed by atoms with Crippen molar-refractivity contribution in [3.8, 4) is 5.75 Å². The van der Waals surface area contributed by atoms with E-state index in [9.17, 15) is 4.79 Å². The Morgan fingerprint density at radius 3 is 2.81 bits per heavy atom. The Hall–Kier alpha value is -2.66. The van der Waals surface area contributed by atoms with Crippen LogP contribution in [0.2, 0.25) is 0 Å². The lowest BCUT2D eigenvalue weighted by Gasteiger charge is -2.10. The van der Waals surface area contributed by atoms with E-state index in [-0.39, 0.29) is 5.91 Å². The maximum Gasteiger partial charge on any atom is 0.266 e. The molecule has 5 heteroatoms. The number of aromatic nitrogens is 1. The summed E-state index contributed by atoms with van der Waals surface area (Å²) in [5.74, 6) is 5.50. The van der Waals surface area contributed by atoms with Crippen molar-refractivity contribution in [3.63, 3.8) is 0 Å². The zero-order chi connectivity index (χ0) is 15.1. The second-order valence-electron chi connectivity index (χ2n) is 4.40. The van der Waals surface area contributed by atoms with Gasteiger partial charge < -0.3 is 4.74 Å². The number of hydrogen-bond donors (Lipinski definition) is 2. The van der Waals surface area contributed by atoms with Crippen LogP contribution in [-0.2, 0) is 13.0 Å². The van der Waals surface area contributed by atoms with Crippen LogP contribution in [-0.4, -0.2) is 10.9 Å². The topological polar surface area (TPSA) is 77.2 Å². The first-order valence-electron chi connectivity index (χ1n) is 6.52. The molecule has 0 aliphatic heterocycles. The Morgan fingerprint density at radius 1 is 1.33 bits per heavy atom. The highest BCUT2D eigenvalue weighted by molar-refractivity contribution is 5.93. The highest BCUT2D eigenvalue weighted by Crippen LogP contribution is 2.19. The van der Waals surface area contributed by atoms with E-state index in [1.54, 1.807) is 12.1 Å². The molecule has 1 aromatic carbocycles. The van der Waals surface area contributed by atoms with Crippen molar-refractivity contribution in [1.29, 1.82) is 0 Å². The molecule has 108 valence electrons. The van der Waals surface area contributed by atoms with Gasteiger partial charge in [0.05, 0.1) is 11.3 Å². The number of pyridine rings is 1. The summed E-state index contributed by atoms with van der Waals surface area (Å²) >= 11 is 0. The van der Waals surface area contributed by atoms with Gasteiger partial charge in [0.25, 0.3) is 5.91 Å². The number of benzene rings is 1. The van der Waals surface area contributed by atoms with E-state index in [2.05, 4.69) is 17.0 Å². The fraction of sp³-hybridized carbons (Fsp3) is 0.125. The van der Waals surface area contributed by atoms with Crippen molar-refractivity contribution < 1.29 is 9.53 Å². The molecule has 0 spiro atoms. The van der Waals surface area contributed by atoms with Gasteiger partial charge in [-0.2, -0.15) is 0 Å². The molecular weight excluding hydrogens is 266 g/mol. The lowest BCUT2D eigenvalue weighted by Crippen LogP contribution is -2.30. The highest BCUT2D eigenvalue weighted by Gasteiger charge is 2.05. The second-order valence-corrected chi connectivity index (χ2v) is 4.40. The maximum atomic E-state index is 11.3. The normalized spacial score (nSPS) is 9.95. The Labute approximate surface area is 123 Å². The molecule has 1 amide bonds. The molecule has 1 heterocycles. The van der Waals surface area contributed by atoms with Crippen LogP contribution >= 0.6 is 0 Å². The summed E-state index contributed by atoms with van der Waals surface area (Å²) in [5.41, 5.74) is 4.28. The van der Waals surface area contributed by atoms with Crippen LogP contribution in [0.1, 0.15) is 21.6 Å². The first kappa shape index (κ1) is 14.7. The van der Waals surface area contributed by atoms with Gasteiger partial charge in [-0.15, -0.1) is 6.58 Å². The summed E-state index contributed by atoms with van der Waals surface area (Å²) in [4.78, 5) is 15.5. The van der Waals surface area contributed by atoms with E-state index >= 15 is 0 Å². The number of rotatable bonds is 6. The van der Waals surface area contributed by atoms with Crippen LogP contribution in [0.4, 0.5) is 0 Å². The van der Waals surface area contributed by atoms with Crippen LogP contribution < -0.4 is 16.0 Å². The molecule has 3 N–H and O–H groups in total. The first-order valence-corrected chi connectivity index (χ1v) is 6.52. The van der Waals surface area contributed by atoms with Crippen LogP contribution in [0, 0.1) is 0 Å². The van der Waals surface area contributed by atoms with Crippen LogP contribution in [0.25, 0.3) is 0 Å². The van der Waals surface area contributed by atoms with E-state index < -0.39 is 0 Å². The summed E-state index contributed by atoms with van der Waals surface area (Å²) in [6.07, 6.45) is 4.05. The minimum atomic E-state index is -0.369. The van der Waals surface area contributed by atoms with E-state index in [4.69, 9.17) is 10.6 Å². The van der Waals surface area contributed by atoms with E-state index in [1.807, 2.05) is 30.3 Å². The zero-order valence-corrected chi connectivity index (χ0v) is 11.6. The third kappa shape index (κ3) is 3.90. The predicted molar refractivity (Wildman–Crippen MR) is 80.6 cm³/mol. The van der Waals surface area contributed by atoms with E-state index in [1.165, 1.54) is 6.20 Å². The van der Waals surface area contributed by atoms with Gasteiger partial charge >= 0.3 is 0 Å². The lowest BCUT2D eigenvalue weighted by atomic mass is 10.1. The number of hydrogen-bond acceptors (Lipinski definition) is 4. The van der Waals surface area contributed by atoms with Gasteiger partial charge in [-0.25, -0.2) is 5.84 Å². The quantitative estimate of drug-likeness (QED) is 0.368. The molecule has 2 rings (SSSR count). The molecule has 0 unspecified atom stereocenters. The number of nitrogen functional groups attached to an aromatic ring is 1. The molecule has 0 radical (unpaired) electrons. The van der Waals surface area contributed by atoms with Crippen molar-refractivity contribution in [1.82, 2.24) is 10.4 Å². The Balaban J connectivity index is 2.03. The number of amides is 1. The number of nitrogens with two attached hydrogens (primary N) is 1. The molecule has 0 aliphatic rings. The summed E-state index contributed by atoms with van der Waals surface area (Å²) in [7, 11) is 0. The largest absolute Gasteiger partial charge is 0.487 e. The minimum absolute atomic E-state index is 0.332. The lowest BCUT2D eigenvalue weighted by molar-refractivity contribution is 0.0953. The van der Waals surface area contributed by atoms with Crippen molar-refractivity contribution in [2.45, 2.75) is 13.0 Å². The fourth-order valence-corrected chi connectivity index (χ4v) is 1.85. The van der Waals surface area contributed by atoms with Gasteiger partial charge in [-0.1, -0.05) is 24.3 Å². The number of ether oxygens (including phenoxy) is 1. The predicted octanol–water partition coefficient (Wildman–Crippen LogP) is 1.99. The number of carbonyl (C=O) groups is 1. The maximum absolute atomic E-state index is 11.3. The molecule has 2 aromatic rings. The molecule has 0 atom stereocenters. The van der Waals surface area contributed by atoms with E-state index in [0.717, 1.165) is 23.4 Å². The Kier molecular flexibility index (Phi) is 5.06.